The van der Waals surface area contributed by atoms with Gasteiger partial charge in [-0.3, -0.25) is 0 Å². The van der Waals surface area contributed by atoms with E-state index >= 15 is 0 Å². The van der Waals surface area contributed by atoms with Gasteiger partial charge in [-0.05, 0) is 38.4 Å². The van der Waals surface area contributed by atoms with E-state index in [9.17, 15) is 0 Å². The largest absolute Gasteiger partial charge is 0.381 e. The lowest BCUT2D eigenvalue weighted by Crippen LogP contribution is -2.48. The Hall–Kier alpha value is -0.120. The van der Waals surface area contributed by atoms with Gasteiger partial charge in [-0.2, -0.15) is 0 Å². The molecule has 0 aromatic carbocycles. The second kappa shape index (κ2) is 3.32. The van der Waals surface area contributed by atoms with Gasteiger partial charge in [-0.1, -0.05) is 0 Å². The van der Waals surface area contributed by atoms with E-state index in [2.05, 4.69) is 5.32 Å². The first-order valence-corrected chi connectivity index (χ1v) is 4.86. The highest BCUT2D eigenvalue weighted by Gasteiger charge is 2.42. The molecule has 2 heterocycles. The fourth-order valence-electron chi connectivity index (χ4n) is 2.51. The van der Waals surface area contributed by atoms with Crippen molar-refractivity contribution in [3.05, 3.63) is 0 Å². The van der Waals surface area contributed by atoms with Crippen molar-refractivity contribution in [2.75, 3.05) is 32.8 Å². The van der Waals surface area contributed by atoms with Crippen molar-refractivity contribution in [2.24, 2.45) is 17.1 Å². The van der Waals surface area contributed by atoms with E-state index in [1.807, 2.05) is 0 Å². The topological polar surface area (TPSA) is 47.3 Å². The lowest BCUT2D eigenvalue weighted by Gasteiger charge is -2.40. The van der Waals surface area contributed by atoms with Gasteiger partial charge in [0.1, 0.15) is 0 Å². The van der Waals surface area contributed by atoms with Crippen molar-refractivity contribution in [2.45, 2.75) is 12.8 Å². The number of hydrogen-bond acceptors (Lipinski definition) is 3. The summed E-state index contributed by atoms with van der Waals surface area (Å²) in [5.74, 6) is 0.633. The molecule has 0 amide bonds. The van der Waals surface area contributed by atoms with Gasteiger partial charge in [0.25, 0.3) is 0 Å². The number of hydrogen-bond donors (Lipinski definition) is 2. The van der Waals surface area contributed by atoms with Crippen LogP contribution in [0.25, 0.3) is 0 Å². The van der Waals surface area contributed by atoms with Crippen molar-refractivity contribution in [1.82, 2.24) is 5.32 Å². The Bertz CT molecular complexity index is 155. The number of piperidine rings is 1. The first-order chi connectivity index (χ1) is 5.87. The summed E-state index contributed by atoms with van der Waals surface area (Å²) in [6.07, 6.45) is 2.46. The lowest BCUT2D eigenvalue weighted by molar-refractivity contribution is 0.0809. The normalized spacial score (nSPS) is 42.2. The first kappa shape index (κ1) is 8.48. The van der Waals surface area contributed by atoms with Gasteiger partial charge in [0, 0.05) is 12.0 Å². The van der Waals surface area contributed by atoms with Gasteiger partial charge in [0.2, 0.25) is 0 Å². The maximum atomic E-state index is 5.76. The maximum Gasteiger partial charge on any atom is 0.0527 e. The molecule has 0 aliphatic carbocycles. The molecule has 2 aliphatic heterocycles. The Kier molecular flexibility index (Phi) is 2.35. The van der Waals surface area contributed by atoms with Gasteiger partial charge in [-0.25, -0.2) is 0 Å². The minimum Gasteiger partial charge on any atom is -0.381 e. The Morgan fingerprint density at radius 2 is 2.42 bits per heavy atom. The average Bonchev–Trinajstić information content (AvgIpc) is 2.55. The van der Waals surface area contributed by atoms with E-state index in [0.717, 1.165) is 32.8 Å². The smallest absolute Gasteiger partial charge is 0.0527 e. The SMILES string of the molecule is NCC1CNCCC12CCOC2. The Balaban J connectivity index is 2.07. The first-order valence-electron chi connectivity index (χ1n) is 4.86. The van der Waals surface area contributed by atoms with Crippen molar-refractivity contribution in [3.63, 3.8) is 0 Å². The summed E-state index contributed by atoms with van der Waals surface area (Å²) in [6, 6.07) is 0. The third-order valence-electron chi connectivity index (χ3n) is 3.47. The summed E-state index contributed by atoms with van der Waals surface area (Å²) >= 11 is 0. The second-order valence-corrected chi connectivity index (χ2v) is 4.05. The molecule has 0 bridgehead atoms. The molecule has 0 aromatic rings. The van der Waals surface area contributed by atoms with Crippen molar-refractivity contribution in [3.8, 4) is 0 Å². The minimum absolute atomic E-state index is 0.431. The molecule has 1 spiro atoms. The van der Waals surface area contributed by atoms with E-state index in [1.54, 1.807) is 0 Å². The Labute approximate surface area is 73.7 Å². The summed E-state index contributed by atoms with van der Waals surface area (Å²) in [6.45, 7) is 4.91. The molecule has 0 aromatic heterocycles. The van der Waals surface area contributed by atoms with E-state index in [0.29, 0.717) is 11.3 Å². The summed E-state index contributed by atoms with van der Waals surface area (Å²) in [4.78, 5) is 0. The van der Waals surface area contributed by atoms with Crippen LogP contribution in [0.3, 0.4) is 0 Å². The number of nitrogens with two attached hydrogens (primary N) is 1. The minimum atomic E-state index is 0.431. The molecule has 0 radical (unpaired) electrons. The molecule has 2 atom stereocenters. The molecule has 3 nitrogen and oxygen atoms in total. The standard InChI is InChI=1S/C9H18N2O/c10-5-8-6-11-3-1-9(8)2-4-12-7-9/h8,11H,1-7,10H2. The third kappa shape index (κ3) is 1.26. The van der Waals surface area contributed by atoms with Gasteiger partial charge in [-0.15, -0.1) is 0 Å². The predicted molar refractivity (Wildman–Crippen MR) is 47.9 cm³/mol. The molecule has 3 N–H and O–H groups in total. The highest BCUT2D eigenvalue weighted by molar-refractivity contribution is 4.94. The molecule has 70 valence electrons. The Morgan fingerprint density at radius 3 is 3.08 bits per heavy atom. The summed E-state index contributed by atoms with van der Waals surface area (Å²) in [7, 11) is 0. The van der Waals surface area contributed by atoms with Crippen LogP contribution in [0.15, 0.2) is 0 Å². The van der Waals surface area contributed by atoms with Crippen LogP contribution < -0.4 is 11.1 Å². The third-order valence-corrected chi connectivity index (χ3v) is 3.47. The summed E-state index contributed by atoms with van der Waals surface area (Å²) in [5.41, 5.74) is 6.19. The molecule has 12 heavy (non-hydrogen) atoms. The molecule has 3 heteroatoms. The van der Waals surface area contributed by atoms with E-state index in [-0.39, 0.29) is 0 Å². The molecular weight excluding hydrogens is 152 g/mol. The molecule has 0 saturated carbocycles. The quantitative estimate of drug-likeness (QED) is 0.580. The van der Waals surface area contributed by atoms with Crippen LogP contribution in [0.4, 0.5) is 0 Å². The van der Waals surface area contributed by atoms with Gasteiger partial charge < -0.3 is 15.8 Å². The van der Waals surface area contributed by atoms with E-state index < -0.39 is 0 Å². The maximum absolute atomic E-state index is 5.76. The van der Waals surface area contributed by atoms with Crippen molar-refractivity contribution >= 4 is 0 Å². The zero-order valence-electron chi connectivity index (χ0n) is 7.51. The van der Waals surface area contributed by atoms with Gasteiger partial charge in [0.05, 0.1) is 6.61 Å². The zero-order chi connectivity index (χ0) is 8.44. The lowest BCUT2D eigenvalue weighted by atomic mass is 9.70. The molecule has 2 saturated heterocycles. The molecule has 2 fully saturated rings. The van der Waals surface area contributed by atoms with Crippen LogP contribution in [-0.2, 0) is 4.74 Å². The zero-order valence-corrected chi connectivity index (χ0v) is 7.51. The molecular formula is C9H18N2O. The van der Waals surface area contributed by atoms with Crippen LogP contribution >= 0.6 is 0 Å². The Morgan fingerprint density at radius 1 is 1.50 bits per heavy atom. The number of ether oxygens (including phenoxy) is 1. The number of rotatable bonds is 1. The van der Waals surface area contributed by atoms with Crippen LogP contribution in [0.1, 0.15) is 12.8 Å². The molecule has 2 unspecified atom stereocenters. The fraction of sp³-hybridized carbons (Fsp3) is 1.00. The highest BCUT2D eigenvalue weighted by atomic mass is 16.5. The number of nitrogens with one attached hydrogen (secondary N) is 1. The van der Waals surface area contributed by atoms with Gasteiger partial charge in [0.15, 0.2) is 0 Å². The summed E-state index contributed by atoms with van der Waals surface area (Å²) < 4.78 is 5.49. The monoisotopic (exact) mass is 170 g/mol. The van der Waals surface area contributed by atoms with Crippen LogP contribution in [0.5, 0.6) is 0 Å². The molecule has 2 aliphatic rings. The van der Waals surface area contributed by atoms with Crippen molar-refractivity contribution in [1.29, 1.82) is 0 Å². The fourth-order valence-corrected chi connectivity index (χ4v) is 2.51. The van der Waals surface area contributed by atoms with Gasteiger partial charge >= 0.3 is 0 Å². The van der Waals surface area contributed by atoms with E-state index in [1.165, 1.54) is 12.8 Å². The highest BCUT2D eigenvalue weighted by Crippen LogP contribution is 2.40. The average molecular weight is 170 g/mol. The summed E-state index contributed by atoms with van der Waals surface area (Å²) in [5, 5.41) is 3.40. The van der Waals surface area contributed by atoms with Crippen molar-refractivity contribution < 1.29 is 4.74 Å². The predicted octanol–water partition coefficient (Wildman–Crippen LogP) is -0.0387. The second-order valence-electron chi connectivity index (χ2n) is 4.05. The van der Waals surface area contributed by atoms with Crippen LogP contribution in [0.2, 0.25) is 0 Å². The van der Waals surface area contributed by atoms with Crippen LogP contribution in [0, 0.1) is 11.3 Å². The van der Waals surface area contributed by atoms with E-state index in [4.69, 9.17) is 10.5 Å². The molecule has 2 rings (SSSR count). The van der Waals surface area contributed by atoms with Crippen LogP contribution in [-0.4, -0.2) is 32.8 Å².